The molecule has 0 bridgehead atoms. The molecule has 31 heavy (non-hydrogen) atoms. The van der Waals surface area contributed by atoms with Gasteiger partial charge in [0, 0.05) is 5.75 Å². The molecule has 4 aromatic carbocycles. The first kappa shape index (κ1) is 19.9. The van der Waals surface area contributed by atoms with Gasteiger partial charge in [-0.3, -0.25) is 0 Å². The number of nitrogens with zero attached hydrogens (tertiary/aromatic N) is 1. The van der Waals surface area contributed by atoms with E-state index in [0.717, 1.165) is 5.75 Å². The predicted molar refractivity (Wildman–Crippen MR) is 134 cm³/mol. The first-order chi connectivity index (χ1) is 15.3. The molecule has 5 rings (SSSR count). The van der Waals surface area contributed by atoms with Crippen molar-refractivity contribution in [2.24, 2.45) is 5.92 Å². The van der Waals surface area contributed by atoms with E-state index in [4.69, 9.17) is 0 Å². The Kier molecular flexibility index (Phi) is 5.27. The van der Waals surface area contributed by atoms with E-state index < -0.39 is 8.07 Å². The lowest BCUT2D eigenvalue weighted by Crippen LogP contribution is -2.81. The van der Waals surface area contributed by atoms with E-state index in [1.54, 1.807) is 0 Å². The zero-order valence-corrected chi connectivity index (χ0v) is 19.0. The van der Waals surface area contributed by atoms with Crippen molar-refractivity contribution in [2.45, 2.75) is 4.37 Å². The maximum absolute atomic E-state index is 10.3. The minimum atomic E-state index is -2.68. The van der Waals surface area contributed by atoms with Gasteiger partial charge in [0.25, 0.3) is 0 Å². The summed E-state index contributed by atoms with van der Waals surface area (Å²) in [7, 11) is -2.68. The summed E-state index contributed by atoms with van der Waals surface area (Å²) < 4.78 is -0.299. The molecule has 0 spiro atoms. The first-order valence-corrected chi connectivity index (χ1v) is 13.6. The third-order valence-electron chi connectivity index (χ3n) is 6.50. The van der Waals surface area contributed by atoms with Crippen LogP contribution in [0.5, 0.6) is 0 Å². The summed E-state index contributed by atoms with van der Waals surface area (Å²) in [5.41, 5.74) is 1.26. The summed E-state index contributed by atoms with van der Waals surface area (Å²) in [6.07, 6.45) is 0. The molecule has 0 aromatic heterocycles. The maximum atomic E-state index is 10.3. The molecule has 0 radical (unpaired) electrons. The van der Waals surface area contributed by atoms with E-state index in [0.29, 0.717) is 0 Å². The number of rotatable bonds is 5. The molecular weight excluding hydrogens is 410 g/mol. The topological polar surface area (TPSA) is 23.8 Å². The Morgan fingerprint density at radius 1 is 0.645 bits per heavy atom. The van der Waals surface area contributed by atoms with E-state index in [1.807, 2.05) is 11.8 Å². The predicted octanol–water partition coefficient (Wildman–Crippen LogP) is 4.48. The minimum Gasteiger partial charge on any atom is -0.198 e. The second kappa shape index (κ2) is 8.23. The third-order valence-corrected chi connectivity index (χ3v) is 14.7. The molecule has 1 aliphatic heterocycles. The summed E-state index contributed by atoms with van der Waals surface area (Å²) >= 11 is 1.97. The second-order valence-corrected chi connectivity index (χ2v) is 13.6. The van der Waals surface area contributed by atoms with Crippen LogP contribution in [0.1, 0.15) is 5.56 Å². The molecule has 0 unspecified atom stereocenters. The number of hydrogen-bond acceptors (Lipinski definition) is 2. The van der Waals surface area contributed by atoms with Crippen LogP contribution in [0.25, 0.3) is 0 Å². The molecule has 1 aliphatic rings. The normalized spacial score (nSPS) is 20.4. The maximum Gasteiger partial charge on any atom is 0.170 e. The summed E-state index contributed by atoms with van der Waals surface area (Å²) in [6, 6.07) is 46.3. The Balaban J connectivity index is 1.96. The van der Waals surface area contributed by atoms with Crippen LogP contribution in [0, 0.1) is 17.2 Å². The van der Waals surface area contributed by atoms with Crippen LogP contribution in [0.4, 0.5) is 0 Å². The van der Waals surface area contributed by atoms with Gasteiger partial charge in [0.05, 0.1) is 16.4 Å². The summed E-state index contributed by atoms with van der Waals surface area (Å²) in [4.78, 5) is 0. The monoisotopic (exact) mass is 433 g/mol. The highest BCUT2D eigenvalue weighted by atomic mass is 32.2. The molecule has 2 atom stereocenters. The average molecular weight is 434 g/mol. The first-order valence-electron chi connectivity index (χ1n) is 10.6. The molecule has 1 heterocycles. The van der Waals surface area contributed by atoms with Gasteiger partial charge in [-0.2, -0.15) is 5.26 Å². The molecular formula is C28H23NSSi. The van der Waals surface area contributed by atoms with Crippen LogP contribution in [-0.4, -0.2) is 13.8 Å². The van der Waals surface area contributed by atoms with Crippen LogP contribution >= 0.6 is 11.8 Å². The number of benzene rings is 4. The minimum absolute atomic E-state index is 0.0489. The Labute approximate surface area is 189 Å². The molecule has 0 aliphatic carbocycles. The lowest BCUT2D eigenvalue weighted by molar-refractivity contribution is 0.605. The highest BCUT2D eigenvalue weighted by Crippen LogP contribution is 2.58. The van der Waals surface area contributed by atoms with Crippen LogP contribution in [0.3, 0.4) is 0 Å². The fourth-order valence-electron chi connectivity index (χ4n) is 5.23. The van der Waals surface area contributed by atoms with Gasteiger partial charge < -0.3 is 0 Å². The lowest BCUT2D eigenvalue weighted by Gasteiger charge is -2.58. The Morgan fingerprint density at radius 2 is 1.03 bits per heavy atom. The quantitative estimate of drug-likeness (QED) is 0.342. The highest BCUT2D eigenvalue weighted by molar-refractivity contribution is 8.04. The Hall–Kier alpha value is -3.06. The summed E-state index contributed by atoms with van der Waals surface area (Å²) in [6.45, 7) is 0. The van der Waals surface area contributed by atoms with Gasteiger partial charge in [-0.1, -0.05) is 121 Å². The fraction of sp³-hybridized carbons (Fsp3) is 0.107. The molecule has 0 amide bonds. The average Bonchev–Trinajstić information content (AvgIpc) is 2.84. The van der Waals surface area contributed by atoms with E-state index in [1.165, 1.54) is 21.1 Å². The van der Waals surface area contributed by atoms with E-state index in [2.05, 4.69) is 127 Å². The second-order valence-electron chi connectivity index (χ2n) is 7.94. The third kappa shape index (κ3) is 2.90. The van der Waals surface area contributed by atoms with Crippen molar-refractivity contribution < 1.29 is 0 Å². The van der Waals surface area contributed by atoms with Crippen LogP contribution in [-0.2, 0) is 4.37 Å². The van der Waals surface area contributed by atoms with Gasteiger partial charge in [0.1, 0.15) is 0 Å². The zero-order chi connectivity index (χ0) is 21.2. The molecule has 4 aromatic rings. The molecule has 1 fully saturated rings. The lowest BCUT2D eigenvalue weighted by atomic mass is 9.99. The summed E-state index contributed by atoms with van der Waals surface area (Å²) in [5, 5.41) is 14.4. The van der Waals surface area contributed by atoms with Crippen LogP contribution in [0.15, 0.2) is 121 Å². The van der Waals surface area contributed by atoms with Crippen molar-refractivity contribution in [1.29, 1.82) is 5.26 Å². The van der Waals surface area contributed by atoms with E-state index >= 15 is 0 Å². The smallest absolute Gasteiger partial charge is 0.170 e. The van der Waals surface area contributed by atoms with Gasteiger partial charge in [-0.25, -0.2) is 0 Å². The van der Waals surface area contributed by atoms with E-state index in [9.17, 15) is 5.26 Å². The largest absolute Gasteiger partial charge is 0.198 e. The van der Waals surface area contributed by atoms with Crippen molar-refractivity contribution in [3.8, 4) is 6.07 Å². The Morgan fingerprint density at radius 3 is 1.35 bits per heavy atom. The number of hydrogen-bond donors (Lipinski definition) is 0. The zero-order valence-electron chi connectivity index (χ0n) is 17.2. The van der Waals surface area contributed by atoms with Crippen molar-refractivity contribution in [2.75, 3.05) is 5.75 Å². The highest BCUT2D eigenvalue weighted by Gasteiger charge is 2.66. The molecule has 3 heteroatoms. The van der Waals surface area contributed by atoms with Gasteiger partial charge in [-0.15, -0.1) is 11.8 Å². The molecule has 150 valence electrons. The van der Waals surface area contributed by atoms with Crippen molar-refractivity contribution in [3.05, 3.63) is 127 Å². The number of nitriles is 1. The van der Waals surface area contributed by atoms with Gasteiger partial charge in [-0.05, 0) is 21.1 Å². The summed E-state index contributed by atoms with van der Waals surface area (Å²) in [5.74, 6) is 0.819. The standard InChI is InChI=1S/C28H23NSSi/c29-21-24-22-30-28(24,23-13-5-1-6-14-23)31(25-15-7-2-8-16-25,26-17-9-3-10-18-26)27-19-11-4-12-20-27/h1-20,24H,22H2/t24-,28+/m1/s1. The fourth-order valence-corrected chi connectivity index (χ4v) is 14.3. The number of thioether (sulfide) groups is 1. The van der Waals surface area contributed by atoms with Crippen molar-refractivity contribution in [1.82, 2.24) is 0 Å². The van der Waals surface area contributed by atoms with E-state index in [-0.39, 0.29) is 10.3 Å². The van der Waals surface area contributed by atoms with Crippen molar-refractivity contribution in [3.63, 3.8) is 0 Å². The van der Waals surface area contributed by atoms with Gasteiger partial charge >= 0.3 is 0 Å². The molecule has 1 nitrogen and oxygen atoms in total. The Bertz CT molecular complexity index is 1090. The van der Waals surface area contributed by atoms with Crippen LogP contribution < -0.4 is 15.6 Å². The van der Waals surface area contributed by atoms with Crippen molar-refractivity contribution >= 4 is 35.4 Å². The molecule has 0 N–H and O–H groups in total. The van der Waals surface area contributed by atoms with Gasteiger partial charge in [0.15, 0.2) is 8.07 Å². The molecule has 1 saturated heterocycles. The molecule has 0 saturated carbocycles. The van der Waals surface area contributed by atoms with Gasteiger partial charge in [0.2, 0.25) is 0 Å². The van der Waals surface area contributed by atoms with Crippen LogP contribution in [0.2, 0.25) is 0 Å². The SMILES string of the molecule is N#C[C@@H]1CS[C@@]1(c1ccccc1)[Si](c1ccccc1)(c1ccccc1)c1ccccc1.